The number of anilines is 1. The number of thioether (sulfide) groups is 1. The molecule has 0 saturated heterocycles. The summed E-state index contributed by atoms with van der Waals surface area (Å²) in [5.41, 5.74) is 0.902. The predicted molar refractivity (Wildman–Crippen MR) is 112 cm³/mol. The summed E-state index contributed by atoms with van der Waals surface area (Å²) in [5, 5.41) is 6.55. The highest BCUT2D eigenvalue weighted by Crippen LogP contribution is 2.29. The van der Waals surface area contributed by atoms with Crippen molar-refractivity contribution in [1.29, 1.82) is 0 Å². The number of rotatable bonds is 7. The number of hydrogen-bond acceptors (Lipinski definition) is 4. The molecule has 1 rings (SSSR count). The minimum Gasteiger partial charge on any atom is -0.493 e. The molecule has 1 aromatic carbocycles. The molecule has 0 aliphatic carbocycles. The monoisotopic (exact) mass is 453 g/mol. The fraction of sp³-hybridized carbons (Fsp3) is 0.562. The summed E-state index contributed by atoms with van der Waals surface area (Å²) in [7, 11) is 3.25. The van der Waals surface area contributed by atoms with Crippen LogP contribution >= 0.6 is 35.7 Å². The highest BCUT2D eigenvalue weighted by molar-refractivity contribution is 14.0. The Bertz CT molecular complexity index is 510. The number of nitrogens with zero attached hydrogens (tertiary/aromatic N) is 1. The smallest absolute Gasteiger partial charge is 0.195 e. The van der Waals surface area contributed by atoms with Gasteiger partial charge in [0.15, 0.2) is 17.5 Å². The predicted octanol–water partition coefficient (Wildman–Crippen LogP) is 3.84. The van der Waals surface area contributed by atoms with Crippen molar-refractivity contribution in [2.45, 2.75) is 25.5 Å². The van der Waals surface area contributed by atoms with E-state index in [-0.39, 0.29) is 28.7 Å². The normalized spacial score (nSPS) is 11.5. The summed E-state index contributed by atoms with van der Waals surface area (Å²) < 4.78 is 10.7. The van der Waals surface area contributed by atoms with Gasteiger partial charge < -0.3 is 20.1 Å². The van der Waals surface area contributed by atoms with Gasteiger partial charge in [0.2, 0.25) is 0 Å². The Morgan fingerprint density at radius 3 is 2.39 bits per heavy atom. The van der Waals surface area contributed by atoms with Crippen LogP contribution in [-0.4, -0.2) is 44.3 Å². The lowest BCUT2D eigenvalue weighted by molar-refractivity contribution is 0.355. The summed E-state index contributed by atoms with van der Waals surface area (Å²) in [4.78, 5) is 4.65. The first-order valence-electron chi connectivity index (χ1n) is 7.28. The average molecular weight is 453 g/mol. The highest BCUT2D eigenvalue weighted by atomic mass is 127. The van der Waals surface area contributed by atoms with Gasteiger partial charge in [-0.2, -0.15) is 11.8 Å². The molecular formula is C16H28IN3O2S. The summed E-state index contributed by atoms with van der Waals surface area (Å²) in [6, 6.07) is 5.70. The van der Waals surface area contributed by atoms with Crippen LogP contribution in [0.15, 0.2) is 23.2 Å². The second-order valence-electron chi connectivity index (χ2n) is 5.35. The van der Waals surface area contributed by atoms with Gasteiger partial charge in [0, 0.05) is 23.0 Å². The molecule has 1 aromatic rings. The maximum atomic E-state index is 5.32. The Balaban J connectivity index is 0.00000484. The zero-order valence-electron chi connectivity index (χ0n) is 14.7. The minimum atomic E-state index is 0. The maximum Gasteiger partial charge on any atom is 0.195 e. The van der Waals surface area contributed by atoms with Crippen molar-refractivity contribution in [2.24, 2.45) is 4.99 Å². The lowest BCUT2D eigenvalue weighted by Gasteiger charge is -2.20. The van der Waals surface area contributed by atoms with E-state index in [9.17, 15) is 0 Å². The Kier molecular flexibility index (Phi) is 10.5. The van der Waals surface area contributed by atoms with Crippen molar-refractivity contribution >= 4 is 47.4 Å². The molecule has 0 amide bonds. The van der Waals surface area contributed by atoms with Crippen molar-refractivity contribution in [3.63, 3.8) is 0 Å². The molecule has 5 nitrogen and oxygen atoms in total. The van der Waals surface area contributed by atoms with E-state index in [4.69, 9.17) is 9.47 Å². The summed E-state index contributed by atoms with van der Waals surface area (Å²) in [6.07, 6.45) is 2.10. The number of methoxy groups -OCH3 is 2. The van der Waals surface area contributed by atoms with Gasteiger partial charge in [0.05, 0.1) is 20.8 Å². The van der Waals surface area contributed by atoms with Crippen molar-refractivity contribution in [2.75, 3.05) is 38.9 Å². The molecule has 0 aromatic heterocycles. The topological polar surface area (TPSA) is 54.9 Å². The van der Waals surface area contributed by atoms with Crippen molar-refractivity contribution in [3.05, 3.63) is 18.2 Å². The first kappa shape index (κ1) is 22.2. The fourth-order valence-electron chi connectivity index (χ4n) is 1.69. The SMILES string of the molecule is CCNC(=NCC(C)(C)SC)Nc1ccc(OC)c(OC)c1.I. The number of aliphatic imine (C=N–C) groups is 1. The Morgan fingerprint density at radius 2 is 1.87 bits per heavy atom. The van der Waals surface area contributed by atoms with Gasteiger partial charge in [0.25, 0.3) is 0 Å². The summed E-state index contributed by atoms with van der Waals surface area (Å²) in [5.74, 6) is 2.16. The van der Waals surface area contributed by atoms with E-state index in [0.29, 0.717) is 11.5 Å². The molecule has 132 valence electrons. The van der Waals surface area contributed by atoms with Gasteiger partial charge in [-0.15, -0.1) is 24.0 Å². The number of hydrogen-bond donors (Lipinski definition) is 2. The van der Waals surface area contributed by atoms with E-state index in [2.05, 4.69) is 35.7 Å². The third-order valence-electron chi connectivity index (χ3n) is 3.16. The van der Waals surface area contributed by atoms with Crippen molar-refractivity contribution in [3.8, 4) is 11.5 Å². The van der Waals surface area contributed by atoms with Gasteiger partial charge in [0.1, 0.15) is 0 Å². The molecule has 0 saturated carbocycles. The molecule has 0 atom stereocenters. The molecule has 2 N–H and O–H groups in total. The van der Waals surface area contributed by atoms with E-state index in [1.165, 1.54) is 0 Å². The second kappa shape index (κ2) is 10.9. The lowest BCUT2D eigenvalue weighted by atomic mass is 10.2. The minimum absolute atomic E-state index is 0. The summed E-state index contributed by atoms with van der Waals surface area (Å²) in [6.45, 7) is 7.95. The van der Waals surface area contributed by atoms with E-state index >= 15 is 0 Å². The second-order valence-corrected chi connectivity index (χ2v) is 6.87. The van der Waals surface area contributed by atoms with Crippen LogP contribution in [0.3, 0.4) is 0 Å². The number of guanidine groups is 1. The average Bonchev–Trinajstić information content (AvgIpc) is 2.52. The standard InChI is InChI=1S/C16H27N3O2S.HI/c1-7-17-15(18-11-16(2,3)22-6)19-12-8-9-13(20-4)14(10-12)21-5;/h8-10H,7,11H2,1-6H3,(H2,17,18,19);1H. The molecule has 0 aliphatic heterocycles. The van der Waals surface area contributed by atoms with Gasteiger partial charge >= 0.3 is 0 Å². The summed E-state index contributed by atoms with van der Waals surface area (Å²) >= 11 is 1.81. The van der Waals surface area contributed by atoms with E-state index in [1.54, 1.807) is 26.0 Å². The fourth-order valence-corrected chi connectivity index (χ4v) is 1.89. The van der Waals surface area contributed by atoms with Crippen LogP contribution in [0, 0.1) is 0 Å². The van der Waals surface area contributed by atoms with Crippen molar-refractivity contribution in [1.82, 2.24) is 5.32 Å². The molecular weight excluding hydrogens is 425 g/mol. The number of ether oxygens (including phenoxy) is 2. The molecule has 0 bridgehead atoms. The number of benzene rings is 1. The number of halogens is 1. The molecule has 0 heterocycles. The largest absolute Gasteiger partial charge is 0.493 e. The van der Waals surface area contributed by atoms with Crippen LogP contribution in [0.4, 0.5) is 5.69 Å². The molecule has 0 unspecified atom stereocenters. The Labute approximate surface area is 161 Å². The molecule has 0 aliphatic rings. The Morgan fingerprint density at radius 1 is 1.22 bits per heavy atom. The van der Waals surface area contributed by atoms with Crippen LogP contribution < -0.4 is 20.1 Å². The zero-order chi connectivity index (χ0) is 16.6. The molecule has 0 spiro atoms. The zero-order valence-corrected chi connectivity index (χ0v) is 17.9. The first-order chi connectivity index (χ1) is 10.5. The van der Waals surface area contributed by atoms with Crippen molar-refractivity contribution < 1.29 is 9.47 Å². The molecule has 7 heteroatoms. The maximum absolute atomic E-state index is 5.32. The number of nitrogens with one attached hydrogen (secondary N) is 2. The first-order valence-corrected chi connectivity index (χ1v) is 8.50. The third-order valence-corrected chi connectivity index (χ3v) is 4.40. The lowest BCUT2D eigenvalue weighted by Crippen LogP contribution is -2.32. The quantitative estimate of drug-likeness (QED) is 0.373. The van der Waals surface area contributed by atoms with Crippen LogP contribution in [0.25, 0.3) is 0 Å². The molecule has 23 heavy (non-hydrogen) atoms. The highest BCUT2D eigenvalue weighted by Gasteiger charge is 2.15. The van der Waals surface area contributed by atoms with E-state index < -0.39 is 0 Å². The van der Waals surface area contributed by atoms with Crippen LogP contribution in [0.5, 0.6) is 11.5 Å². The van der Waals surface area contributed by atoms with Crippen LogP contribution in [0.1, 0.15) is 20.8 Å². The Hall–Kier alpha value is -0.830. The third kappa shape index (κ3) is 7.52. The van der Waals surface area contributed by atoms with E-state index in [0.717, 1.165) is 24.7 Å². The van der Waals surface area contributed by atoms with Crippen LogP contribution in [-0.2, 0) is 0 Å². The van der Waals surface area contributed by atoms with Gasteiger partial charge in [-0.3, -0.25) is 4.99 Å². The van der Waals surface area contributed by atoms with Crippen LogP contribution in [0.2, 0.25) is 0 Å². The van der Waals surface area contributed by atoms with Gasteiger partial charge in [-0.1, -0.05) is 0 Å². The van der Waals surface area contributed by atoms with Gasteiger partial charge in [-0.05, 0) is 39.2 Å². The van der Waals surface area contributed by atoms with E-state index in [1.807, 2.05) is 25.1 Å². The molecule has 0 radical (unpaired) electrons. The van der Waals surface area contributed by atoms with Gasteiger partial charge in [-0.25, -0.2) is 0 Å². The molecule has 0 fully saturated rings.